The number of rotatable bonds is 5. The van der Waals surface area contributed by atoms with Crippen LogP contribution in [0.5, 0.6) is 0 Å². The summed E-state index contributed by atoms with van der Waals surface area (Å²) in [6.07, 6.45) is 1.71. The third-order valence-electron chi connectivity index (χ3n) is 2.04. The van der Waals surface area contributed by atoms with Gasteiger partial charge in [-0.15, -0.1) is 11.6 Å². The van der Waals surface area contributed by atoms with Gasteiger partial charge in [-0.1, -0.05) is 0 Å². The van der Waals surface area contributed by atoms with Crippen molar-refractivity contribution in [3.63, 3.8) is 0 Å². The molecule has 4 nitrogen and oxygen atoms in total. The van der Waals surface area contributed by atoms with Crippen molar-refractivity contribution in [2.45, 2.75) is 19.2 Å². The first kappa shape index (κ1) is 12.2. The van der Waals surface area contributed by atoms with Gasteiger partial charge >= 0.3 is 0 Å². The molecule has 1 N–H and O–H groups in total. The van der Waals surface area contributed by atoms with E-state index in [-0.39, 0.29) is 5.38 Å². The van der Waals surface area contributed by atoms with E-state index in [0.29, 0.717) is 13.2 Å². The van der Waals surface area contributed by atoms with Crippen molar-refractivity contribution in [2.75, 3.05) is 25.6 Å². The molecular formula is C10H16ClN3O. The molecule has 0 aromatic carbocycles. The molecule has 5 heteroatoms. The number of alkyl halides is 1. The van der Waals surface area contributed by atoms with Crippen molar-refractivity contribution in [2.24, 2.45) is 0 Å². The van der Waals surface area contributed by atoms with Crippen molar-refractivity contribution in [1.82, 2.24) is 9.97 Å². The number of nitrogens with one attached hydrogen (secondary N) is 1. The van der Waals surface area contributed by atoms with Gasteiger partial charge in [0.25, 0.3) is 0 Å². The van der Waals surface area contributed by atoms with E-state index in [1.165, 1.54) is 0 Å². The van der Waals surface area contributed by atoms with Crippen molar-refractivity contribution in [3.8, 4) is 0 Å². The summed E-state index contributed by atoms with van der Waals surface area (Å²) in [4.78, 5) is 8.53. The second-order valence-electron chi connectivity index (χ2n) is 3.36. The van der Waals surface area contributed by atoms with Crippen LogP contribution in [0.25, 0.3) is 0 Å². The highest BCUT2D eigenvalue weighted by Crippen LogP contribution is 2.06. The van der Waals surface area contributed by atoms with Crippen LogP contribution in [0.1, 0.15) is 11.4 Å². The van der Waals surface area contributed by atoms with E-state index in [1.54, 1.807) is 13.3 Å². The average molecular weight is 230 g/mol. The number of methoxy groups -OCH3 is 1. The highest BCUT2D eigenvalue weighted by Gasteiger charge is 2.04. The maximum Gasteiger partial charge on any atom is 0.144 e. The Balaban J connectivity index is 2.47. The summed E-state index contributed by atoms with van der Waals surface area (Å²) in [7, 11) is 1.63. The Hall–Kier alpha value is -0.870. The first-order valence-corrected chi connectivity index (χ1v) is 5.24. The molecule has 0 radical (unpaired) electrons. The molecule has 0 fully saturated rings. The number of nitrogens with zero attached hydrogens (tertiary/aromatic N) is 2. The van der Waals surface area contributed by atoms with Crippen LogP contribution in [0.4, 0.5) is 5.82 Å². The lowest BCUT2D eigenvalue weighted by molar-refractivity contribution is 0.200. The molecule has 1 heterocycles. The van der Waals surface area contributed by atoms with E-state index in [1.807, 2.05) is 13.8 Å². The molecule has 0 spiro atoms. The summed E-state index contributed by atoms with van der Waals surface area (Å²) in [6, 6.07) is 0. The van der Waals surface area contributed by atoms with Gasteiger partial charge in [0.2, 0.25) is 0 Å². The average Bonchev–Trinajstić information content (AvgIpc) is 2.20. The van der Waals surface area contributed by atoms with Crippen LogP contribution >= 0.6 is 11.6 Å². The number of halogens is 1. The Morgan fingerprint density at radius 3 is 2.80 bits per heavy atom. The Morgan fingerprint density at radius 1 is 1.47 bits per heavy atom. The Bertz CT molecular complexity index is 320. The minimum absolute atomic E-state index is 0.0570. The molecule has 1 aromatic heterocycles. The number of ether oxygens (including phenoxy) is 1. The van der Waals surface area contributed by atoms with Crippen LogP contribution in [0.2, 0.25) is 0 Å². The maximum atomic E-state index is 5.97. The van der Waals surface area contributed by atoms with Gasteiger partial charge in [0.15, 0.2) is 0 Å². The summed E-state index contributed by atoms with van der Waals surface area (Å²) < 4.78 is 4.93. The molecular weight excluding hydrogens is 214 g/mol. The van der Waals surface area contributed by atoms with Crippen molar-refractivity contribution < 1.29 is 4.74 Å². The molecule has 1 rings (SSSR count). The van der Waals surface area contributed by atoms with Crippen LogP contribution in [0.15, 0.2) is 6.20 Å². The molecule has 0 aliphatic heterocycles. The number of aromatic nitrogens is 2. The van der Waals surface area contributed by atoms with Gasteiger partial charge in [-0.3, -0.25) is 4.98 Å². The van der Waals surface area contributed by atoms with Crippen molar-refractivity contribution in [1.29, 1.82) is 0 Å². The van der Waals surface area contributed by atoms with E-state index >= 15 is 0 Å². The predicted molar refractivity (Wildman–Crippen MR) is 61.5 cm³/mol. The van der Waals surface area contributed by atoms with Crippen LogP contribution in [-0.4, -0.2) is 35.6 Å². The molecule has 0 aliphatic rings. The molecule has 1 aromatic rings. The number of aryl methyl sites for hydroxylation is 2. The quantitative estimate of drug-likeness (QED) is 0.782. The summed E-state index contributed by atoms with van der Waals surface area (Å²) >= 11 is 5.97. The standard InChI is InChI=1S/C10H16ClN3O/c1-7-8(2)14-10(5-12-7)13-4-9(11)6-15-3/h5,9H,4,6H2,1-3H3,(H,13,14). The summed E-state index contributed by atoms with van der Waals surface area (Å²) in [5.41, 5.74) is 1.87. The second-order valence-corrected chi connectivity index (χ2v) is 3.98. The number of anilines is 1. The molecule has 15 heavy (non-hydrogen) atoms. The molecule has 0 saturated heterocycles. The van der Waals surface area contributed by atoms with Crippen LogP contribution < -0.4 is 5.32 Å². The predicted octanol–water partition coefficient (Wildman–Crippen LogP) is 1.76. The highest BCUT2D eigenvalue weighted by atomic mass is 35.5. The minimum atomic E-state index is -0.0570. The Labute approximate surface area is 95.0 Å². The number of hydrogen-bond acceptors (Lipinski definition) is 4. The fraction of sp³-hybridized carbons (Fsp3) is 0.600. The summed E-state index contributed by atoms with van der Waals surface area (Å²) in [5, 5.41) is 3.05. The van der Waals surface area contributed by atoms with Gasteiger partial charge in [-0.2, -0.15) is 0 Å². The molecule has 0 saturated carbocycles. The Morgan fingerprint density at radius 2 is 2.20 bits per heavy atom. The summed E-state index contributed by atoms with van der Waals surface area (Å²) in [6.45, 7) is 5.00. The first-order valence-electron chi connectivity index (χ1n) is 4.80. The summed E-state index contributed by atoms with van der Waals surface area (Å²) in [5.74, 6) is 0.750. The SMILES string of the molecule is COCC(Cl)CNc1cnc(C)c(C)n1. The lowest BCUT2D eigenvalue weighted by atomic mass is 10.3. The molecule has 0 aliphatic carbocycles. The highest BCUT2D eigenvalue weighted by molar-refractivity contribution is 6.21. The van der Waals surface area contributed by atoms with E-state index < -0.39 is 0 Å². The maximum absolute atomic E-state index is 5.97. The smallest absolute Gasteiger partial charge is 0.144 e. The third kappa shape index (κ3) is 4.01. The van der Waals surface area contributed by atoms with E-state index in [2.05, 4.69) is 15.3 Å². The third-order valence-corrected chi connectivity index (χ3v) is 2.32. The van der Waals surface area contributed by atoms with Gasteiger partial charge in [0.05, 0.1) is 29.6 Å². The largest absolute Gasteiger partial charge is 0.383 e. The van der Waals surface area contributed by atoms with Crippen LogP contribution in [0, 0.1) is 13.8 Å². The topological polar surface area (TPSA) is 47.0 Å². The molecule has 1 unspecified atom stereocenters. The van der Waals surface area contributed by atoms with E-state index in [9.17, 15) is 0 Å². The fourth-order valence-corrected chi connectivity index (χ4v) is 1.29. The van der Waals surface area contributed by atoms with Gasteiger partial charge in [0.1, 0.15) is 5.82 Å². The zero-order valence-corrected chi connectivity index (χ0v) is 10.0. The zero-order valence-electron chi connectivity index (χ0n) is 9.25. The van der Waals surface area contributed by atoms with E-state index in [0.717, 1.165) is 17.2 Å². The monoisotopic (exact) mass is 229 g/mol. The minimum Gasteiger partial charge on any atom is -0.383 e. The molecule has 1 atom stereocenters. The lowest BCUT2D eigenvalue weighted by Crippen LogP contribution is -2.19. The molecule has 0 bridgehead atoms. The lowest BCUT2D eigenvalue weighted by Gasteiger charge is -2.10. The van der Waals surface area contributed by atoms with Crippen LogP contribution in [-0.2, 0) is 4.74 Å². The second kappa shape index (κ2) is 5.88. The fourth-order valence-electron chi connectivity index (χ4n) is 1.08. The van der Waals surface area contributed by atoms with Gasteiger partial charge in [-0.05, 0) is 13.8 Å². The molecule has 0 amide bonds. The first-order chi connectivity index (χ1) is 7.13. The number of hydrogen-bond donors (Lipinski definition) is 1. The zero-order chi connectivity index (χ0) is 11.3. The Kier molecular flexibility index (Phi) is 4.78. The van der Waals surface area contributed by atoms with Gasteiger partial charge < -0.3 is 10.1 Å². The normalized spacial score (nSPS) is 12.5. The van der Waals surface area contributed by atoms with Gasteiger partial charge in [0, 0.05) is 13.7 Å². The van der Waals surface area contributed by atoms with Crippen molar-refractivity contribution >= 4 is 17.4 Å². The van der Waals surface area contributed by atoms with Crippen LogP contribution in [0.3, 0.4) is 0 Å². The van der Waals surface area contributed by atoms with E-state index in [4.69, 9.17) is 16.3 Å². The van der Waals surface area contributed by atoms with Gasteiger partial charge in [-0.25, -0.2) is 4.98 Å². The van der Waals surface area contributed by atoms with Crippen molar-refractivity contribution in [3.05, 3.63) is 17.6 Å². The molecule has 84 valence electrons.